The Morgan fingerprint density at radius 3 is 2.47 bits per heavy atom. The molecule has 7 heteroatoms. The molecule has 0 bridgehead atoms. The lowest BCUT2D eigenvalue weighted by Crippen LogP contribution is -2.00. The predicted molar refractivity (Wildman–Crippen MR) is 70.8 cm³/mol. The van der Waals surface area contributed by atoms with E-state index in [1.54, 1.807) is 18.2 Å². The van der Waals surface area contributed by atoms with E-state index < -0.39 is 9.84 Å². The Hall–Kier alpha value is -1.99. The number of benzene rings is 1. The number of nitrogens with zero attached hydrogens (tertiary/aromatic N) is 2. The highest BCUT2D eigenvalue weighted by molar-refractivity contribution is 7.90. The lowest BCUT2D eigenvalue weighted by Gasteiger charge is -2.06. The van der Waals surface area contributed by atoms with Crippen molar-refractivity contribution in [2.24, 2.45) is 0 Å². The van der Waals surface area contributed by atoms with Crippen LogP contribution in [0.5, 0.6) is 0 Å². The fourth-order valence-electron chi connectivity index (χ4n) is 1.48. The van der Waals surface area contributed by atoms with Crippen molar-refractivity contribution in [1.29, 1.82) is 0 Å². The van der Waals surface area contributed by atoms with Gasteiger partial charge < -0.3 is 10.4 Å². The van der Waals surface area contributed by atoms with Crippen LogP contribution in [0.1, 0.15) is 5.82 Å². The summed E-state index contributed by atoms with van der Waals surface area (Å²) in [5, 5.41) is 11.9. The average Bonchev–Trinajstić information content (AvgIpc) is 2.38. The van der Waals surface area contributed by atoms with Gasteiger partial charge in [-0.25, -0.2) is 18.4 Å². The summed E-state index contributed by atoms with van der Waals surface area (Å²) in [6.45, 7) is -0.234. The van der Waals surface area contributed by atoms with E-state index in [1.165, 1.54) is 18.3 Å². The zero-order chi connectivity index (χ0) is 13.9. The number of anilines is 2. The van der Waals surface area contributed by atoms with Gasteiger partial charge in [0, 0.05) is 18.1 Å². The van der Waals surface area contributed by atoms with E-state index in [1.807, 2.05) is 0 Å². The van der Waals surface area contributed by atoms with Crippen molar-refractivity contribution in [1.82, 2.24) is 9.97 Å². The van der Waals surface area contributed by atoms with Crippen LogP contribution in [0, 0.1) is 0 Å². The molecule has 0 saturated heterocycles. The first-order valence-corrected chi connectivity index (χ1v) is 7.38. The van der Waals surface area contributed by atoms with Gasteiger partial charge in [0.05, 0.1) is 4.90 Å². The molecular formula is C12H13N3O3S. The molecule has 0 aliphatic rings. The lowest BCUT2D eigenvalue weighted by atomic mass is 10.3. The minimum atomic E-state index is -3.19. The molecule has 0 spiro atoms. The van der Waals surface area contributed by atoms with Gasteiger partial charge in [-0.05, 0) is 30.3 Å². The molecule has 2 rings (SSSR count). The number of aliphatic hydroxyl groups is 1. The van der Waals surface area contributed by atoms with E-state index in [2.05, 4.69) is 15.3 Å². The zero-order valence-corrected chi connectivity index (χ0v) is 11.1. The van der Waals surface area contributed by atoms with Crippen molar-refractivity contribution >= 4 is 21.3 Å². The molecule has 0 unspecified atom stereocenters. The normalized spacial score (nSPS) is 11.3. The van der Waals surface area contributed by atoms with Crippen LogP contribution in [-0.4, -0.2) is 29.7 Å². The molecular weight excluding hydrogens is 266 g/mol. The van der Waals surface area contributed by atoms with Crippen LogP contribution >= 0.6 is 0 Å². The standard InChI is InChI=1S/C12H13N3O3S/c1-19(17,18)10-4-2-9(3-5-10)14-11-6-7-13-12(8-16)15-11/h2-7,16H,8H2,1H3,(H,13,14,15). The summed E-state index contributed by atoms with van der Waals surface area (Å²) in [7, 11) is -3.19. The molecule has 1 aromatic carbocycles. The molecule has 1 heterocycles. The summed E-state index contributed by atoms with van der Waals surface area (Å²) in [5.41, 5.74) is 0.704. The van der Waals surface area contributed by atoms with Crippen LogP contribution in [0.3, 0.4) is 0 Å². The second kappa shape index (κ2) is 5.33. The van der Waals surface area contributed by atoms with Crippen LogP contribution in [-0.2, 0) is 16.4 Å². The Morgan fingerprint density at radius 1 is 1.21 bits per heavy atom. The van der Waals surface area contributed by atoms with Crippen molar-refractivity contribution in [3.63, 3.8) is 0 Å². The fourth-order valence-corrected chi connectivity index (χ4v) is 2.11. The molecule has 0 aliphatic carbocycles. The number of hydrogen-bond donors (Lipinski definition) is 2. The summed E-state index contributed by atoms with van der Waals surface area (Å²) < 4.78 is 22.6. The average molecular weight is 279 g/mol. The maximum absolute atomic E-state index is 11.3. The molecule has 0 atom stereocenters. The highest BCUT2D eigenvalue weighted by Gasteiger charge is 2.06. The van der Waals surface area contributed by atoms with Crippen LogP contribution in [0.15, 0.2) is 41.4 Å². The third kappa shape index (κ3) is 3.49. The van der Waals surface area contributed by atoms with E-state index in [0.717, 1.165) is 6.26 Å². The van der Waals surface area contributed by atoms with E-state index >= 15 is 0 Å². The number of hydrogen-bond acceptors (Lipinski definition) is 6. The minimum Gasteiger partial charge on any atom is -0.388 e. The number of aliphatic hydroxyl groups excluding tert-OH is 1. The van der Waals surface area contributed by atoms with Crippen molar-refractivity contribution in [2.45, 2.75) is 11.5 Å². The molecule has 0 amide bonds. The van der Waals surface area contributed by atoms with Crippen LogP contribution < -0.4 is 5.32 Å². The highest BCUT2D eigenvalue weighted by Crippen LogP contribution is 2.17. The van der Waals surface area contributed by atoms with Gasteiger partial charge in [0.2, 0.25) is 0 Å². The molecule has 0 radical (unpaired) electrons. The summed E-state index contributed by atoms with van der Waals surface area (Å²) in [5.74, 6) is 0.851. The van der Waals surface area contributed by atoms with Gasteiger partial charge in [-0.3, -0.25) is 0 Å². The van der Waals surface area contributed by atoms with Crippen LogP contribution in [0.2, 0.25) is 0 Å². The molecule has 2 aromatic rings. The van der Waals surface area contributed by atoms with Crippen LogP contribution in [0.25, 0.3) is 0 Å². The molecule has 6 nitrogen and oxygen atoms in total. The lowest BCUT2D eigenvalue weighted by molar-refractivity contribution is 0.271. The van der Waals surface area contributed by atoms with Gasteiger partial charge in [-0.2, -0.15) is 0 Å². The first-order valence-electron chi connectivity index (χ1n) is 5.49. The number of aromatic nitrogens is 2. The van der Waals surface area contributed by atoms with Gasteiger partial charge >= 0.3 is 0 Å². The van der Waals surface area contributed by atoms with Crippen molar-refractivity contribution in [2.75, 3.05) is 11.6 Å². The summed E-state index contributed by atoms with van der Waals surface area (Å²) in [6.07, 6.45) is 2.69. The fraction of sp³-hybridized carbons (Fsp3) is 0.167. The summed E-state index contributed by atoms with van der Waals surface area (Å²) in [4.78, 5) is 8.19. The van der Waals surface area contributed by atoms with Gasteiger partial charge in [-0.1, -0.05) is 0 Å². The van der Waals surface area contributed by atoms with E-state index in [4.69, 9.17) is 5.11 Å². The highest BCUT2D eigenvalue weighted by atomic mass is 32.2. The Bertz CT molecular complexity index is 669. The van der Waals surface area contributed by atoms with E-state index in [-0.39, 0.29) is 11.5 Å². The van der Waals surface area contributed by atoms with Crippen LogP contribution in [0.4, 0.5) is 11.5 Å². The van der Waals surface area contributed by atoms with E-state index in [9.17, 15) is 8.42 Å². The Balaban J connectivity index is 2.19. The largest absolute Gasteiger partial charge is 0.388 e. The second-order valence-corrected chi connectivity index (χ2v) is 5.95. The first-order chi connectivity index (χ1) is 8.99. The maximum Gasteiger partial charge on any atom is 0.175 e. The minimum absolute atomic E-state index is 0.234. The Kier molecular flexibility index (Phi) is 3.77. The summed E-state index contributed by atoms with van der Waals surface area (Å²) in [6, 6.07) is 8.00. The Morgan fingerprint density at radius 2 is 1.89 bits per heavy atom. The zero-order valence-electron chi connectivity index (χ0n) is 10.2. The summed E-state index contributed by atoms with van der Waals surface area (Å²) >= 11 is 0. The van der Waals surface area contributed by atoms with Gasteiger partial charge in [0.15, 0.2) is 15.7 Å². The molecule has 0 saturated carbocycles. The van der Waals surface area contributed by atoms with Crippen molar-refractivity contribution < 1.29 is 13.5 Å². The third-order valence-corrected chi connectivity index (χ3v) is 3.53. The molecule has 0 fully saturated rings. The first kappa shape index (κ1) is 13.4. The molecule has 100 valence electrons. The monoisotopic (exact) mass is 279 g/mol. The third-order valence-electron chi connectivity index (χ3n) is 2.40. The van der Waals surface area contributed by atoms with Gasteiger partial charge in [0.1, 0.15) is 12.4 Å². The predicted octanol–water partition coefficient (Wildman–Crippen LogP) is 1.12. The Labute approximate surface area is 111 Å². The number of rotatable bonds is 4. The second-order valence-electron chi connectivity index (χ2n) is 3.94. The topological polar surface area (TPSA) is 92.2 Å². The quantitative estimate of drug-likeness (QED) is 0.871. The van der Waals surface area contributed by atoms with Crippen molar-refractivity contribution in [3.05, 3.63) is 42.4 Å². The van der Waals surface area contributed by atoms with E-state index in [0.29, 0.717) is 17.3 Å². The SMILES string of the molecule is CS(=O)(=O)c1ccc(Nc2ccnc(CO)n2)cc1. The molecule has 1 aromatic heterocycles. The van der Waals surface area contributed by atoms with Gasteiger partial charge in [0.25, 0.3) is 0 Å². The maximum atomic E-state index is 11.3. The number of nitrogens with one attached hydrogen (secondary N) is 1. The smallest absolute Gasteiger partial charge is 0.175 e. The molecule has 2 N–H and O–H groups in total. The number of sulfone groups is 1. The molecule has 19 heavy (non-hydrogen) atoms. The molecule has 0 aliphatic heterocycles. The van der Waals surface area contributed by atoms with Gasteiger partial charge in [-0.15, -0.1) is 0 Å². The van der Waals surface area contributed by atoms with Crippen molar-refractivity contribution in [3.8, 4) is 0 Å².